The minimum Gasteiger partial charge on any atom is -0.503 e. The highest BCUT2D eigenvalue weighted by Gasteiger charge is 2.31. The fourth-order valence-electron chi connectivity index (χ4n) is 0.635. The summed E-state index contributed by atoms with van der Waals surface area (Å²) in [5.74, 6) is -0.940. The number of alkyl halides is 3. The number of halogens is 3. The van der Waals surface area contributed by atoms with Crippen molar-refractivity contribution in [1.82, 2.24) is 4.98 Å². The van der Waals surface area contributed by atoms with Gasteiger partial charge >= 0.3 is 6.18 Å². The number of aromatic nitrogens is 1. The van der Waals surface area contributed by atoms with Crippen LogP contribution >= 0.6 is 0 Å². The maximum absolute atomic E-state index is 11.9. The third kappa shape index (κ3) is 1.58. The highest BCUT2D eigenvalue weighted by atomic mass is 19.4. The second kappa shape index (κ2) is 2.54. The molecule has 0 radical (unpaired) electrons. The molecule has 1 rings (SSSR count). The van der Waals surface area contributed by atoms with Crippen molar-refractivity contribution < 1.29 is 18.3 Å². The number of hydrogen-bond acceptors (Lipinski definition) is 2. The average molecular weight is 179 g/mol. The van der Waals surface area contributed by atoms with Crippen LogP contribution in [0.5, 0.6) is 5.75 Å². The van der Waals surface area contributed by atoms with E-state index in [9.17, 15) is 18.0 Å². The summed E-state index contributed by atoms with van der Waals surface area (Å²) in [4.78, 5) is 12.2. The van der Waals surface area contributed by atoms with Crippen LogP contribution in [-0.4, -0.2) is 10.1 Å². The first-order valence-electron chi connectivity index (χ1n) is 2.90. The lowest BCUT2D eigenvalue weighted by molar-refractivity contribution is -0.138. The largest absolute Gasteiger partial charge is 0.503 e. The molecule has 0 aliphatic heterocycles. The van der Waals surface area contributed by atoms with E-state index in [0.29, 0.717) is 12.3 Å². The molecule has 1 aromatic heterocycles. The first kappa shape index (κ1) is 8.63. The van der Waals surface area contributed by atoms with Crippen LogP contribution in [0, 0.1) is 0 Å². The van der Waals surface area contributed by atoms with Crippen molar-refractivity contribution in [2.45, 2.75) is 6.18 Å². The van der Waals surface area contributed by atoms with Crippen molar-refractivity contribution in [2.75, 3.05) is 0 Å². The molecule has 0 aliphatic carbocycles. The predicted octanol–water partition coefficient (Wildman–Crippen LogP) is 1.10. The molecule has 0 aliphatic rings. The van der Waals surface area contributed by atoms with Crippen molar-refractivity contribution in [3.63, 3.8) is 0 Å². The van der Waals surface area contributed by atoms with Crippen molar-refractivity contribution >= 4 is 0 Å². The van der Waals surface area contributed by atoms with Gasteiger partial charge < -0.3 is 10.1 Å². The van der Waals surface area contributed by atoms with Crippen LogP contribution in [0.25, 0.3) is 0 Å². The highest BCUT2D eigenvalue weighted by molar-refractivity contribution is 5.24. The molecule has 0 saturated carbocycles. The van der Waals surface area contributed by atoms with Gasteiger partial charge in [-0.25, -0.2) is 0 Å². The Morgan fingerprint density at radius 2 is 2.00 bits per heavy atom. The smallest absolute Gasteiger partial charge is 0.417 e. The first-order valence-corrected chi connectivity index (χ1v) is 2.90. The molecular weight excluding hydrogens is 175 g/mol. The van der Waals surface area contributed by atoms with Crippen LogP contribution in [0.15, 0.2) is 17.1 Å². The van der Waals surface area contributed by atoms with Gasteiger partial charge in [-0.15, -0.1) is 0 Å². The van der Waals surface area contributed by atoms with Crippen LogP contribution in [0.4, 0.5) is 13.2 Å². The fourth-order valence-corrected chi connectivity index (χ4v) is 0.635. The Hall–Kier alpha value is -1.46. The number of nitrogens with one attached hydrogen (secondary N) is 1. The van der Waals surface area contributed by atoms with E-state index in [1.807, 2.05) is 0 Å². The summed E-state index contributed by atoms with van der Waals surface area (Å²) >= 11 is 0. The maximum Gasteiger partial charge on any atom is 0.417 e. The Morgan fingerprint density at radius 1 is 1.42 bits per heavy atom. The summed E-state index contributed by atoms with van der Waals surface area (Å²) in [6.07, 6.45) is -4.05. The third-order valence-corrected chi connectivity index (χ3v) is 1.21. The Bertz CT molecular complexity index is 341. The molecule has 0 spiro atoms. The molecule has 1 aromatic rings. The van der Waals surface area contributed by atoms with Gasteiger partial charge in [0.1, 0.15) is 0 Å². The Morgan fingerprint density at radius 3 is 2.42 bits per heavy atom. The molecule has 0 bridgehead atoms. The van der Waals surface area contributed by atoms with E-state index >= 15 is 0 Å². The lowest BCUT2D eigenvalue weighted by atomic mass is 10.3. The summed E-state index contributed by atoms with van der Waals surface area (Å²) in [6, 6.07) is 0.374. The lowest BCUT2D eigenvalue weighted by Gasteiger charge is -2.04. The van der Waals surface area contributed by atoms with E-state index in [0.717, 1.165) is 0 Å². The summed E-state index contributed by atoms with van der Waals surface area (Å²) in [6.45, 7) is 0. The van der Waals surface area contributed by atoms with Crippen molar-refractivity contribution in [2.24, 2.45) is 0 Å². The van der Waals surface area contributed by atoms with Crippen molar-refractivity contribution in [3.8, 4) is 5.75 Å². The van der Waals surface area contributed by atoms with E-state index in [2.05, 4.69) is 0 Å². The van der Waals surface area contributed by atoms with Crippen LogP contribution in [0.2, 0.25) is 0 Å². The van der Waals surface area contributed by atoms with Gasteiger partial charge in [-0.05, 0) is 6.07 Å². The van der Waals surface area contributed by atoms with E-state index in [4.69, 9.17) is 5.11 Å². The Kier molecular flexibility index (Phi) is 1.83. The molecule has 0 atom stereocenters. The Labute approximate surface area is 64.5 Å². The SMILES string of the molecule is O=c1[nH]cc(C(F)(F)F)cc1O. The fraction of sp³-hybridized carbons (Fsp3) is 0.167. The molecule has 6 heteroatoms. The summed E-state index contributed by atoms with van der Waals surface area (Å²) in [5.41, 5.74) is -2.03. The number of H-pyrrole nitrogens is 1. The molecule has 0 fully saturated rings. The maximum atomic E-state index is 11.9. The van der Waals surface area contributed by atoms with Crippen LogP contribution < -0.4 is 5.56 Å². The normalized spacial score (nSPS) is 11.6. The van der Waals surface area contributed by atoms with Gasteiger partial charge in [0.15, 0.2) is 5.75 Å². The molecule has 3 nitrogen and oxygen atoms in total. The molecule has 2 N–H and O–H groups in total. The van der Waals surface area contributed by atoms with Crippen LogP contribution in [-0.2, 0) is 6.18 Å². The number of aromatic hydroxyl groups is 1. The molecule has 0 amide bonds. The van der Waals surface area contributed by atoms with Crippen LogP contribution in [0.1, 0.15) is 5.56 Å². The van der Waals surface area contributed by atoms with Crippen molar-refractivity contribution in [1.29, 1.82) is 0 Å². The van der Waals surface area contributed by atoms with Gasteiger partial charge in [0.05, 0.1) is 5.56 Å². The molecule has 0 saturated heterocycles. The minimum absolute atomic E-state index is 0.374. The number of pyridine rings is 1. The second-order valence-corrected chi connectivity index (χ2v) is 2.10. The first-order chi connectivity index (χ1) is 5.41. The number of rotatable bonds is 0. The van der Waals surface area contributed by atoms with Crippen LogP contribution in [0.3, 0.4) is 0 Å². The quantitative estimate of drug-likeness (QED) is 0.626. The van der Waals surface area contributed by atoms with E-state index in [-0.39, 0.29) is 0 Å². The standard InChI is InChI=1S/C6H4F3NO2/c7-6(8,9)3-1-4(11)5(12)10-2-3/h1-2,11H,(H,10,12). The van der Waals surface area contributed by atoms with E-state index in [1.54, 1.807) is 4.98 Å². The summed E-state index contributed by atoms with van der Waals surface area (Å²) in [5, 5.41) is 8.62. The zero-order chi connectivity index (χ0) is 9.35. The minimum atomic E-state index is -4.55. The molecule has 66 valence electrons. The van der Waals surface area contributed by atoms with Gasteiger partial charge in [-0.3, -0.25) is 4.79 Å². The monoisotopic (exact) mass is 179 g/mol. The Balaban J connectivity index is 3.23. The molecule has 0 aromatic carbocycles. The molecule has 1 heterocycles. The zero-order valence-electron chi connectivity index (χ0n) is 5.64. The lowest BCUT2D eigenvalue weighted by Crippen LogP contribution is -2.11. The predicted molar refractivity (Wildman–Crippen MR) is 33.7 cm³/mol. The van der Waals surface area contributed by atoms with Gasteiger partial charge in [0.2, 0.25) is 0 Å². The zero-order valence-corrected chi connectivity index (χ0v) is 5.64. The molecule has 12 heavy (non-hydrogen) atoms. The number of hydrogen-bond donors (Lipinski definition) is 2. The average Bonchev–Trinajstić information content (AvgIpc) is 1.92. The highest BCUT2D eigenvalue weighted by Crippen LogP contribution is 2.29. The van der Waals surface area contributed by atoms with Gasteiger partial charge in [-0.1, -0.05) is 0 Å². The number of aromatic amines is 1. The van der Waals surface area contributed by atoms with Gasteiger partial charge in [0.25, 0.3) is 5.56 Å². The van der Waals surface area contributed by atoms with E-state index in [1.165, 1.54) is 0 Å². The van der Waals surface area contributed by atoms with E-state index < -0.39 is 23.0 Å². The topological polar surface area (TPSA) is 53.1 Å². The van der Waals surface area contributed by atoms with Gasteiger partial charge in [0, 0.05) is 6.20 Å². The summed E-state index contributed by atoms with van der Waals surface area (Å²) < 4.78 is 35.6. The van der Waals surface area contributed by atoms with Crippen molar-refractivity contribution in [3.05, 3.63) is 28.2 Å². The second-order valence-electron chi connectivity index (χ2n) is 2.10. The molecular formula is C6H4F3NO2. The summed E-state index contributed by atoms with van der Waals surface area (Å²) in [7, 11) is 0. The molecule has 0 unspecified atom stereocenters. The third-order valence-electron chi connectivity index (χ3n) is 1.21. The van der Waals surface area contributed by atoms with Gasteiger partial charge in [-0.2, -0.15) is 13.2 Å².